The highest BCUT2D eigenvalue weighted by atomic mass is 32.2. The number of carbonyl (C=O) groups is 6. The molecule has 0 radical (unpaired) electrons. The van der Waals surface area contributed by atoms with Crippen LogP contribution in [0, 0.1) is 0 Å². The summed E-state index contributed by atoms with van der Waals surface area (Å²) in [5.41, 5.74) is 0.403. The van der Waals surface area contributed by atoms with Gasteiger partial charge in [0.05, 0.1) is 18.7 Å². The van der Waals surface area contributed by atoms with Crippen LogP contribution in [0.25, 0.3) is 0 Å². The number of alkyl halides is 1. The number of aliphatic hydroxyl groups is 3. The zero-order valence-electron chi connectivity index (χ0n) is 36.3. The summed E-state index contributed by atoms with van der Waals surface area (Å²) < 4.78 is 25.4. The fourth-order valence-corrected chi connectivity index (χ4v) is 9.32. The van der Waals surface area contributed by atoms with Gasteiger partial charge in [-0.1, -0.05) is 25.7 Å². The van der Waals surface area contributed by atoms with E-state index in [9.17, 15) is 48.5 Å². The minimum atomic E-state index is -1.53. The Kier molecular flexibility index (Phi) is 22.7. The SMILES string of the molecule is CC(=O)N[C@H]1[C@H](Oc2ccc(NC(=O)CCCCCNC(=O)CCCCCNC(=O)CCCCCNC(=O)CCCC[C@@H]3SC[C@@H]4NC(=O)N[C@@H]43)cc2CF)O[C@H](CO)[C@@H](O)[C@@H]1O. The summed E-state index contributed by atoms with van der Waals surface area (Å²) in [7, 11) is 0. The van der Waals surface area contributed by atoms with Crippen molar-refractivity contribution in [2.75, 3.05) is 37.3 Å². The number of halogens is 1. The first-order valence-corrected chi connectivity index (χ1v) is 23.5. The fourth-order valence-electron chi connectivity index (χ4n) is 7.78. The molecule has 0 aromatic heterocycles. The van der Waals surface area contributed by atoms with Crippen LogP contribution >= 0.6 is 11.8 Å². The van der Waals surface area contributed by atoms with Crippen molar-refractivity contribution in [2.24, 2.45) is 0 Å². The van der Waals surface area contributed by atoms with E-state index >= 15 is 0 Å². The second-order valence-electron chi connectivity index (χ2n) is 16.4. The molecule has 3 saturated heterocycles. The van der Waals surface area contributed by atoms with Crippen molar-refractivity contribution < 1.29 is 58.0 Å². The number of urea groups is 1. The van der Waals surface area contributed by atoms with E-state index in [0.29, 0.717) is 75.5 Å². The third-order valence-corrected chi connectivity index (χ3v) is 12.8. The molecule has 20 heteroatoms. The second-order valence-corrected chi connectivity index (χ2v) is 17.7. The Labute approximate surface area is 373 Å². The molecule has 0 saturated carbocycles. The second kappa shape index (κ2) is 27.8. The molecule has 3 heterocycles. The van der Waals surface area contributed by atoms with Crippen molar-refractivity contribution in [3.05, 3.63) is 23.8 Å². The van der Waals surface area contributed by atoms with E-state index in [-0.39, 0.29) is 59.5 Å². The third kappa shape index (κ3) is 18.0. The lowest BCUT2D eigenvalue weighted by atomic mass is 9.97. The van der Waals surface area contributed by atoms with E-state index in [1.54, 1.807) is 0 Å². The Morgan fingerprint density at radius 1 is 0.794 bits per heavy atom. The molecule has 0 unspecified atom stereocenters. The van der Waals surface area contributed by atoms with Gasteiger partial charge in [0.1, 0.15) is 36.8 Å². The normalized spacial score (nSPS) is 23.8. The van der Waals surface area contributed by atoms with Gasteiger partial charge in [-0.15, -0.1) is 0 Å². The maximum Gasteiger partial charge on any atom is 0.315 e. The molecule has 8 atom stereocenters. The number of nitrogens with one attached hydrogen (secondary N) is 7. The van der Waals surface area contributed by atoms with Gasteiger partial charge >= 0.3 is 6.03 Å². The predicted molar refractivity (Wildman–Crippen MR) is 234 cm³/mol. The van der Waals surface area contributed by atoms with E-state index in [1.807, 2.05) is 11.8 Å². The number of amides is 7. The monoisotopic (exact) mass is 909 g/mol. The van der Waals surface area contributed by atoms with Crippen molar-refractivity contribution in [2.45, 2.75) is 164 Å². The van der Waals surface area contributed by atoms with Gasteiger partial charge < -0.3 is 62.0 Å². The van der Waals surface area contributed by atoms with E-state index in [0.717, 1.165) is 57.1 Å². The van der Waals surface area contributed by atoms with Crippen LogP contribution in [0.5, 0.6) is 5.75 Å². The summed E-state index contributed by atoms with van der Waals surface area (Å²) in [6.07, 6.45) is 5.51. The van der Waals surface area contributed by atoms with Crippen molar-refractivity contribution >= 4 is 53.0 Å². The summed E-state index contributed by atoms with van der Waals surface area (Å²) in [4.78, 5) is 72.3. The maximum absolute atomic E-state index is 14.0. The first kappa shape index (κ1) is 51.4. The lowest BCUT2D eigenvalue weighted by Crippen LogP contribution is -2.65. The summed E-state index contributed by atoms with van der Waals surface area (Å²) in [6, 6.07) is 3.45. The molecule has 3 aliphatic rings. The minimum Gasteiger partial charge on any atom is -0.462 e. The first-order valence-electron chi connectivity index (χ1n) is 22.4. The van der Waals surface area contributed by atoms with Crippen LogP contribution in [0.3, 0.4) is 0 Å². The zero-order chi connectivity index (χ0) is 45.6. The Morgan fingerprint density at radius 2 is 1.37 bits per heavy atom. The maximum atomic E-state index is 14.0. The van der Waals surface area contributed by atoms with Crippen LogP contribution in [-0.4, -0.2) is 131 Å². The predicted octanol–water partition coefficient (Wildman–Crippen LogP) is 2.17. The Morgan fingerprint density at radius 3 is 1.92 bits per heavy atom. The molecule has 7 amide bonds. The van der Waals surface area contributed by atoms with Crippen molar-refractivity contribution in [3.8, 4) is 5.75 Å². The number of carbonyl (C=O) groups excluding carboxylic acids is 6. The molecular weight excluding hydrogens is 842 g/mol. The topological polar surface area (TPSA) is 266 Å². The van der Waals surface area contributed by atoms with Crippen molar-refractivity contribution in [1.29, 1.82) is 0 Å². The molecule has 0 spiro atoms. The van der Waals surface area contributed by atoms with Gasteiger partial charge in [0.15, 0.2) is 0 Å². The Bertz CT molecular complexity index is 1650. The van der Waals surface area contributed by atoms with Gasteiger partial charge in [0, 0.05) is 74.5 Å². The van der Waals surface area contributed by atoms with Crippen molar-refractivity contribution in [1.82, 2.24) is 31.9 Å². The van der Waals surface area contributed by atoms with Gasteiger partial charge in [0.2, 0.25) is 35.8 Å². The molecule has 4 rings (SSSR count). The van der Waals surface area contributed by atoms with Gasteiger partial charge in [0.25, 0.3) is 0 Å². The third-order valence-electron chi connectivity index (χ3n) is 11.3. The van der Waals surface area contributed by atoms with Gasteiger partial charge in [-0.3, -0.25) is 24.0 Å². The number of unbranched alkanes of at least 4 members (excludes halogenated alkanes) is 7. The largest absolute Gasteiger partial charge is 0.462 e. The average Bonchev–Trinajstić information content (AvgIpc) is 3.82. The Hall–Kier alpha value is -4.24. The number of ether oxygens (including phenoxy) is 2. The molecule has 1 aromatic carbocycles. The number of anilines is 1. The number of thioether (sulfide) groups is 1. The van der Waals surface area contributed by atoms with Gasteiger partial charge in [-0.2, -0.15) is 11.8 Å². The minimum absolute atomic E-state index is 0.00853. The molecule has 1 aromatic rings. The van der Waals surface area contributed by atoms with E-state index in [2.05, 4.69) is 37.2 Å². The number of aliphatic hydroxyl groups excluding tert-OH is 3. The number of fused-ring (bicyclic) bond motifs is 1. The molecule has 354 valence electrons. The van der Waals surface area contributed by atoms with Crippen LogP contribution < -0.4 is 42.0 Å². The molecule has 3 aliphatic heterocycles. The molecule has 10 N–H and O–H groups in total. The molecule has 18 nitrogen and oxygen atoms in total. The highest BCUT2D eigenvalue weighted by Gasteiger charge is 2.46. The van der Waals surface area contributed by atoms with Crippen LogP contribution in [0.4, 0.5) is 14.9 Å². The van der Waals surface area contributed by atoms with Crippen LogP contribution in [0.15, 0.2) is 18.2 Å². The molecular formula is C43H68FN7O11S. The first-order chi connectivity index (χ1) is 30.4. The number of hydrogen-bond donors (Lipinski definition) is 10. The number of rotatable bonds is 29. The number of benzene rings is 1. The summed E-state index contributed by atoms with van der Waals surface area (Å²) >= 11 is 1.89. The van der Waals surface area contributed by atoms with Gasteiger partial charge in [-0.05, 0) is 69.6 Å². The van der Waals surface area contributed by atoms with E-state index < -0.39 is 49.8 Å². The van der Waals surface area contributed by atoms with Gasteiger partial charge in [-0.25, -0.2) is 9.18 Å². The molecule has 63 heavy (non-hydrogen) atoms. The number of hydrogen-bond acceptors (Lipinski definition) is 12. The highest BCUT2D eigenvalue weighted by molar-refractivity contribution is 8.00. The average molecular weight is 910 g/mol. The van der Waals surface area contributed by atoms with E-state index in [1.165, 1.54) is 25.1 Å². The highest BCUT2D eigenvalue weighted by Crippen LogP contribution is 2.33. The van der Waals surface area contributed by atoms with Crippen LogP contribution in [-0.2, 0) is 35.4 Å². The Balaban J connectivity index is 0.937. The smallest absolute Gasteiger partial charge is 0.315 e. The standard InChI is InChI=1S/C43H68FN7O11S/c1-27(53)48-39-41(59)40(58)32(25-52)62-42(39)61-31-19-18-29(23-28(31)24-44)49-37(57)17-7-4-12-22-46-35(55)15-5-2-10-20-45-34(54)14-6-3-11-21-47-36(56)16-9-8-13-33-38-30(26-63-33)50-43(60)51-38/h18-19,23,30,32-33,38-42,52,58-59H,2-17,20-22,24-26H2,1H3,(H,45,54)(H,46,55)(H,47,56)(H,48,53)(H,49,57)(H2,50,51,60)/t30-,32+,33-,38-,39+,40+,41+,42+/m0/s1. The molecule has 3 fully saturated rings. The summed E-state index contributed by atoms with van der Waals surface area (Å²) in [5, 5.41) is 50.6. The lowest BCUT2D eigenvalue weighted by Gasteiger charge is -2.42. The lowest BCUT2D eigenvalue weighted by molar-refractivity contribution is -0.244. The van der Waals surface area contributed by atoms with Crippen LogP contribution in [0.2, 0.25) is 0 Å². The quantitative estimate of drug-likeness (QED) is 0.0410. The van der Waals surface area contributed by atoms with Crippen LogP contribution in [0.1, 0.15) is 115 Å². The molecule has 0 aliphatic carbocycles. The fraction of sp³-hybridized carbons (Fsp3) is 0.721. The molecule has 0 bridgehead atoms. The summed E-state index contributed by atoms with van der Waals surface area (Å²) in [6.45, 7) is 1.28. The zero-order valence-corrected chi connectivity index (χ0v) is 37.1. The summed E-state index contributed by atoms with van der Waals surface area (Å²) in [5.74, 6) is 0.191. The van der Waals surface area contributed by atoms with Crippen molar-refractivity contribution in [3.63, 3.8) is 0 Å². The van der Waals surface area contributed by atoms with E-state index in [4.69, 9.17) is 9.47 Å².